The van der Waals surface area contributed by atoms with Crippen molar-refractivity contribution in [2.75, 3.05) is 0 Å². The van der Waals surface area contributed by atoms with Crippen LogP contribution in [0.5, 0.6) is 0 Å². The highest BCUT2D eigenvalue weighted by atomic mass is 16.4. The van der Waals surface area contributed by atoms with Crippen molar-refractivity contribution < 1.29 is 15.0 Å². The lowest BCUT2D eigenvalue weighted by Gasteiger charge is -1.95. The third-order valence-electron chi connectivity index (χ3n) is 1.15. The lowest BCUT2D eigenvalue weighted by atomic mass is 10.3. The Hall–Kier alpha value is -1.49. The standard InChI is InChI=1S/C4H4N2.C4H8O3/c1-2-5-4-6-3-1;1-2-3(5)4(6)7/h1-4H;3,5H,2H2,1H3,(H,6,7). The van der Waals surface area contributed by atoms with E-state index in [0.29, 0.717) is 0 Å². The zero-order chi connectivity index (χ0) is 10.1. The van der Waals surface area contributed by atoms with Gasteiger partial charge in [-0.3, -0.25) is 0 Å². The minimum atomic E-state index is -1.18. The number of aliphatic carboxylic acids is 1. The van der Waals surface area contributed by atoms with Gasteiger partial charge in [0.2, 0.25) is 0 Å². The van der Waals surface area contributed by atoms with Crippen molar-refractivity contribution in [1.29, 1.82) is 0 Å². The normalized spacial score (nSPS) is 10.9. The molecule has 0 aliphatic carbocycles. The van der Waals surface area contributed by atoms with Crippen LogP contribution in [0.4, 0.5) is 0 Å². The van der Waals surface area contributed by atoms with E-state index in [4.69, 9.17) is 10.2 Å². The highest BCUT2D eigenvalue weighted by Crippen LogP contribution is 1.86. The third-order valence-corrected chi connectivity index (χ3v) is 1.15. The van der Waals surface area contributed by atoms with E-state index in [2.05, 4.69) is 9.97 Å². The second-order valence-electron chi connectivity index (χ2n) is 2.17. The maximum absolute atomic E-state index is 9.68. The molecule has 0 aliphatic rings. The van der Waals surface area contributed by atoms with Crippen molar-refractivity contribution >= 4 is 5.97 Å². The summed E-state index contributed by atoms with van der Waals surface area (Å²) in [6.45, 7) is 1.61. The molecule has 1 aromatic heterocycles. The molecule has 1 unspecified atom stereocenters. The maximum atomic E-state index is 9.68. The van der Waals surface area contributed by atoms with Gasteiger partial charge in [0.05, 0.1) is 0 Å². The molecule has 1 atom stereocenters. The highest BCUT2D eigenvalue weighted by Gasteiger charge is 2.07. The number of hydrogen-bond acceptors (Lipinski definition) is 4. The van der Waals surface area contributed by atoms with Gasteiger partial charge in [0.15, 0.2) is 6.10 Å². The summed E-state index contributed by atoms with van der Waals surface area (Å²) < 4.78 is 0. The molecule has 0 saturated heterocycles. The zero-order valence-corrected chi connectivity index (χ0v) is 7.29. The molecule has 1 heterocycles. The van der Waals surface area contributed by atoms with Crippen molar-refractivity contribution in [2.24, 2.45) is 0 Å². The molecule has 72 valence electrons. The van der Waals surface area contributed by atoms with E-state index in [0.717, 1.165) is 0 Å². The Balaban J connectivity index is 0.000000223. The summed E-state index contributed by atoms with van der Waals surface area (Å²) in [5.74, 6) is -1.15. The van der Waals surface area contributed by atoms with Crippen LogP contribution in [0, 0.1) is 0 Å². The number of aromatic nitrogens is 2. The van der Waals surface area contributed by atoms with Crippen LogP contribution in [0.25, 0.3) is 0 Å². The quantitative estimate of drug-likeness (QED) is 0.691. The van der Waals surface area contributed by atoms with Gasteiger partial charge in [-0.1, -0.05) is 6.92 Å². The molecule has 0 aliphatic heterocycles. The van der Waals surface area contributed by atoms with Crippen LogP contribution in [-0.2, 0) is 4.79 Å². The third kappa shape index (κ3) is 6.89. The predicted molar refractivity (Wildman–Crippen MR) is 46.0 cm³/mol. The van der Waals surface area contributed by atoms with Gasteiger partial charge < -0.3 is 10.2 Å². The van der Waals surface area contributed by atoms with Gasteiger partial charge in [0.25, 0.3) is 0 Å². The van der Waals surface area contributed by atoms with Gasteiger partial charge in [-0.15, -0.1) is 0 Å². The first kappa shape index (κ1) is 11.5. The second kappa shape index (κ2) is 7.17. The van der Waals surface area contributed by atoms with E-state index < -0.39 is 12.1 Å². The van der Waals surface area contributed by atoms with Crippen LogP contribution in [0.2, 0.25) is 0 Å². The van der Waals surface area contributed by atoms with Crippen molar-refractivity contribution in [3.8, 4) is 0 Å². The molecular formula is C8H12N2O3. The summed E-state index contributed by atoms with van der Waals surface area (Å²) in [6.07, 6.45) is 3.97. The maximum Gasteiger partial charge on any atom is 0.332 e. The predicted octanol–water partition coefficient (Wildman–Crippen LogP) is 0.319. The van der Waals surface area contributed by atoms with Gasteiger partial charge in [-0.25, -0.2) is 14.8 Å². The molecule has 0 bridgehead atoms. The largest absolute Gasteiger partial charge is 0.479 e. The molecule has 1 rings (SSSR count). The molecule has 5 heteroatoms. The van der Waals surface area contributed by atoms with Crippen LogP contribution in [0.15, 0.2) is 24.8 Å². The monoisotopic (exact) mass is 184 g/mol. The first-order chi connectivity index (χ1) is 6.18. The second-order valence-corrected chi connectivity index (χ2v) is 2.17. The van der Waals surface area contributed by atoms with Gasteiger partial charge in [-0.2, -0.15) is 0 Å². The van der Waals surface area contributed by atoms with Gasteiger partial charge in [0.1, 0.15) is 6.33 Å². The van der Waals surface area contributed by atoms with E-state index in [1.807, 2.05) is 0 Å². The fourth-order valence-corrected chi connectivity index (χ4v) is 0.428. The van der Waals surface area contributed by atoms with Crippen molar-refractivity contribution in [1.82, 2.24) is 9.97 Å². The SMILES string of the molecule is CCC(O)C(=O)O.c1cncnc1. The summed E-state index contributed by atoms with van der Waals surface area (Å²) in [5.41, 5.74) is 0. The number of nitrogens with zero attached hydrogens (tertiary/aromatic N) is 2. The van der Waals surface area contributed by atoms with Crippen LogP contribution in [0.3, 0.4) is 0 Å². The number of carboxylic acids is 1. The summed E-state index contributed by atoms with van der Waals surface area (Å²) in [7, 11) is 0. The van der Waals surface area contributed by atoms with Crippen molar-refractivity contribution in [2.45, 2.75) is 19.4 Å². The van der Waals surface area contributed by atoms with Crippen LogP contribution < -0.4 is 0 Å². The fraction of sp³-hybridized carbons (Fsp3) is 0.375. The van der Waals surface area contributed by atoms with Gasteiger partial charge in [0, 0.05) is 12.4 Å². The molecule has 0 aromatic carbocycles. The number of hydrogen-bond donors (Lipinski definition) is 2. The fourth-order valence-electron chi connectivity index (χ4n) is 0.428. The van der Waals surface area contributed by atoms with E-state index in [9.17, 15) is 4.79 Å². The summed E-state index contributed by atoms with van der Waals surface area (Å²) in [5, 5.41) is 16.3. The number of carboxylic acid groups (broad SMARTS) is 1. The zero-order valence-electron chi connectivity index (χ0n) is 7.29. The van der Waals surface area contributed by atoms with Crippen molar-refractivity contribution in [3.63, 3.8) is 0 Å². The number of carbonyl (C=O) groups is 1. The van der Waals surface area contributed by atoms with Gasteiger partial charge in [-0.05, 0) is 12.5 Å². The van der Waals surface area contributed by atoms with Crippen LogP contribution in [0.1, 0.15) is 13.3 Å². The number of aliphatic hydroxyl groups is 1. The molecule has 0 fully saturated rings. The lowest BCUT2D eigenvalue weighted by Crippen LogP contribution is -2.17. The van der Waals surface area contributed by atoms with E-state index in [-0.39, 0.29) is 6.42 Å². The Labute approximate surface area is 76.1 Å². The molecule has 0 radical (unpaired) electrons. The Morgan fingerprint density at radius 2 is 2.00 bits per heavy atom. The summed E-state index contributed by atoms with van der Waals surface area (Å²) in [4.78, 5) is 17.0. The Bertz CT molecular complexity index is 201. The minimum Gasteiger partial charge on any atom is -0.479 e. The molecule has 5 nitrogen and oxygen atoms in total. The molecular weight excluding hydrogens is 172 g/mol. The smallest absolute Gasteiger partial charge is 0.332 e. The first-order valence-electron chi connectivity index (χ1n) is 3.79. The topological polar surface area (TPSA) is 83.3 Å². The number of aliphatic hydroxyl groups excluding tert-OH is 1. The minimum absolute atomic E-state index is 0.273. The number of rotatable bonds is 2. The Morgan fingerprint density at radius 3 is 2.08 bits per heavy atom. The Kier molecular flexibility index (Phi) is 6.35. The average Bonchev–Trinajstić information content (AvgIpc) is 2.20. The molecule has 13 heavy (non-hydrogen) atoms. The van der Waals surface area contributed by atoms with Crippen LogP contribution >= 0.6 is 0 Å². The Morgan fingerprint density at radius 1 is 1.46 bits per heavy atom. The van der Waals surface area contributed by atoms with E-state index in [1.54, 1.807) is 25.4 Å². The van der Waals surface area contributed by atoms with Crippen LogP contribution in [-0.4, -0.2) is 32.3 Å². The molecule has 0 spiro atoms. The van der Waals surface area contributed by atoms with Gasteiger partial charge >= 0.3 is 5.97 Å². The molecule has 2 N–H and O–H groups in total. The summed E-state index contributed by atoms with van der Waals surface area (Å²) >= 11 is 0. The summed E-state index contributed by atoms with van der Waals surface area (Å²) in [6, 6.07) is 1.78. The first-order valence-corrected chi connectivity index (χ1v) is 3.79. The van der Waals surface area contributed by atoms with E-state index in [1.165, 1.54) is 6.33 Å². The average molecular weight is 184 g/mol. The molecule has 0 amide bonds. The van der Waals surface area contributed by atoms with Crippen molar-refractivity contribution in [3.05, 3.63) is 24.8 Å². The lowest BCUT2D eigenvalue weighted by molar-refractivity contribution is -0.146. The molecule has 0 saturated carbocycles. The van der Waals surface area contributed by atoms with E-state index >= 15 is 0 Å². The molecule has 1 aromatic rings. The highest BCUT2D eigenvalue weighted by molar-refractivity contribution is 5.71.